The highest BCUT2D eigenvalue weighted by molar-refractivity contribution is 5.98. The number of carbonyl (C=O) groups excluding carboxylic acids is 3. The predicted octanol–water partition coefficient (Wildman–Crippen LogP) is 0.610. The van der Waals surface area contributed by atoms with Crippen molar-refractivity contribution in [2.24, 2.45) is 11.8 Å². The van der Waals surface area contributed by atoms with Crippen molar-refractivity contribution < 1.29 is 29.0 Å². The number of amides is 2. The molecule has 2 bridgehead atoms. The Labute approximate surface area is 165 Å². The standard InChI is InChI=1S/C20H32N2O6/c1-6-11(10-23)22-15(16(24)21-19(3,4)5)20-9-8-12(28-20)13(14(20)17(22)25)18(26)27-7-2/h11-15,23H,6-10H2,1-5H3,(H,21,24)/t11-,12-,13+,14+,15-,20+/m0/s1. The van der Waals surface area contributed by atoms with Crippen molar-refractivity contribution in [3.05, 3.63) is 0 Å². The number of ether oxygens (including phenoxy) is 2. The molecule has 3 fully saturated rings. The van der Waals surface area contributed by atoms with Crippen LogP contribution in [0.3, 0.4) is 0 Å². The molecule has 8 nitrogen and oxygen atoms in total. The number of aliphatic hydroxyl groups is 1. The number of nitrogens with one attached hydrogen (secondary N) is 1. The van der Waals surface area contributed by atoms with Gasteiger partial charge in [0.2, 0.25) is 11.8 Å². The lowest BCUT2D eigenvalue weighted by molar-refractivity contribution is -0.155. The average molecular weight is 396 g/mol. The number of aliphatic hydroxyl groups excluding tert-OH is 1. The van der Waals surface area contributed by atoms with Crippen LogP contribution in [0, 0.1) is 11.8 Å². The van der Waals surface area contributed by atoms with Crippen molar-refractivity contribution >= 4 is 17.8 Å². The molecule has 8 heteroatoms. The van der Waals surface area contributed by atoms with Gasteiger partial charge in [0.15, 0.2) is 0 Å². The average Bonchev–Trinajstić information content (AvgIpc) is 3.23. The molecule has 3 aliphatic rings. The first-order chi connectivity index (χ1) is 13.1. The van der Waals surface area contributed by atoms with Gasteiger partial charge in [-0.15, -0.1) is 0 Å². The Morgan fingerprint density at radius 3 is 2.61 bits per heavy atom. The number of rotatable bonds is 6. The smallest absolute Gasteiger partial charge is 0.312 e. The van der Waals surface area contributed by atoms with Crippen LogP contribution in [0.15, 0.2) is 0 Å². The third kappa shape index (κ3) is 3.10. The van der Waals surface area contributed by atoms with Crippen molar-refractivity contribution in [1.82, 2.24) is 10.2 Å². The van der Waals surface area contributed by atoms with Gasteiger partial charge in [0.25, 0.3) is 0 Å². The van der Waals surface area contributed by atoms with E-state index < -0.39 is 47.1 Å². The van der Waals surface area contributed by atoms with Crippen molar-refractivity contribution in [3.63, 3.8) is 0 Å². The fraction of sp³-hybridized carbons (Fsp3) is 0.850. The van der Waals surface area contributed by atoms with E-state index in [0.29, 0.717) is 19.3 Å². The Balaban J connectivity index is 2.04. The number of esters is 1. The van der Waals surface area contributed by atoms with Crippen LogP contribution in [0.1, 0.15) is 53.9 Å². The number of hydrogen-bond donors (Lipinski definition) is 2. The van der Waals surface area contributed by atoms with Gasteiger partial charge >= 0.3 is 5.97 Å². The second-order valence-corrected chi connectivity index (χ2v) is 9.04. The largest absolute Gasteiger partial charge is 0.466 e. The Morgan fingerprint density at radius 1 is 1.39 bits per heavy atom. The highest BCUT2D eigenvalue weighted by atomic mass is 16.6. The molecule has 28 heavy (non-hydrogen) atoms. The van der Waals surface area contributed by atoms with E-state index in [0.717, 1.165) is 0 Å². The van der Waals surface area contributed by atoms with Crippen molar-refractivity contribution in [1.29, 1.82) is 0 Å². The van der Waals surface area contributed by atoms with Crippen LogP contribution in [-0.2, 0) is 23.9 Å². The summed E-state index contributed by atoms with van der Waals surface area (Å²) in [7, 11) is 0. The molecule has 0 aliphatic carbocycles. The highest BCUT2D eigenvalue weighted by Crippen LogP contribution is 2.59. The molecule has 0 unspecified atom stereocenters. The second-order valence-electron chi connectivity index (χ2n) is 9.04. The zero-order valence-electron chi connectivity index (χ0n) is 17.4. The van der Waals surface area contributed by atoms with E-state index in [2.05, 4.69) is 5.32 Å². The first kappa shape index (κ1) is 21.0. The summed E-state index contributed by atoms with van der Waals surface area (Å²) in [5.74, 6) is -2.49. The SMILES string of the molecule is CCOC(=O)[C@@H]1[C@@H]2CC[C@]3(O2)[C@H](C(=O)NC(C)(C)C)N([C@@H](CC)CO)C(=O)[C@@H]13. The fourth-order valence-corrected chi connectivity index (χ4v) is 5.14. The number of likely N-dealkylation sites (tertiary alicyclic amines) is 1. The fourth-order valence-electron chi connectivity index (χ4n) is 5.14. The summed E-state index contributed by atoms with van der Waals surface area (Å²) in [6.07, 6.45) is 1.23. The molecule has 0 saturated carbocycles. The minimum atomic E-state index is -1.04. The van der Waals surface area contributed by atoms with Crippen molar-refractivity contribution in [2.45, 2.75) is 83.2 Å². The zero-order chi connectivity index (χ0) is 20.9. The van der Waals surface area contributed by atoms with Gasteiger partial charge in [-0.05, 0) is 47.0 Å². The summed E-state index contributed by atoms with van der Waals surface area (Å²) in [4.78, 5) is 40.9. The van der Waals surface area contributed by atoms with Crippen LogP contribution in [0.4, 0.5) is 0 Å². The molecule has 1 spiro atoms. The molecule has 3 aliphatic heterocycles. The van der Waals surface area contributed by atoms with Gasteiger partial charge in [-0.1, -0.05) is 6.92 Å². The quantitative estimate of drug-likeness (QED) is 0.638. The maximum atomic E-state index is 13.5. The van der Waals surface area contributed by atoms with Gasteiger partial charge in [-0.3, -0.25) is 14.4 Å². The summed E-state index contributed by atoms with van der Waals surface area (Å²) in [6.45, 7) is 9.18. The molecule has 0 aromatic rings. The van der Waals surface area contributed by atoms with Gasteiger partial charge in [-0.25, -0.2) is 0 Å². The molecule has 158 valence electrons. The van der Waals surface area contributed by atoms with E-state index in [1.54, 1.807) is 6.92 Å². The molecular weight excluding hydrogens is 364 g/mol. The van der Waals surface area contributed by atoms with Gasteiger partial charge in [0.1, 0.15) is 11.6 Å². The molecule has 0 radical (unpaired) electrons. The Morgan fingerprint density at radius 2 is 2.07 bits per heavy atom. The molecule has 3 saturated heterocycles. The molecule has 3 rings (SSSR count). The van der Waals surface area contributed by atoms with Crippen LogP contribution in [0.25, 0.3) is 0 Å². The minimum absolute atomic E-state index is 0.224. The first-order valence-electron chi connectivity index (χ1n) is 10.2. The maximum absolute atomic E-state index is 13.5. The lowest BCUT2D eigenvalue weighted by Crippen LogP contribution is -2.60. The van der Waals surface area contributed by atoms with Gasteiger partial charge in [0, 0.05) is 5.54 Å². The van der Waals surface area contributed by atoms with Crippen LogP contribution in [-0.4, -0.2) is 70.3 Å². The zero-order valence-corrected chi connectivity index (χ0v) is 17.4. The van der Waals surface area contributed by atoms with Crippen LogP contribution in [0.2, 0.25) is 0 Å². The Kier molecular flexibility index (Phi) is 5.49. The van der Waals surface area contributed by atoms with E-state index in [-0.39, 0.29) is 25.0 Å². The van der Waals surface area contributed by atoms with Crippen molar-refractivity contribution in [3.8, 4) is 0 Å². The summed E-state index contributed by atoms with van der Waals surface area (Å²) in [5.41, 5.74) is -1.53. The maximum Gasteiger partial charge on any atom is 0.312 e. The number of fused-ring (bicyclic) bond motifs is 1. The number of nitrogens with zero attached hydrogens (tertiary/aromatic N) is 1. The topological polar surface area (TPSA) is 105 Å². The minimum Gasteiger partial charge on any atom is -0.466 e. The molecule has 2 amide bonds. The second kappa shape index (κ2) is 7.30. The van der Waals surface area contributed by atoms with Crippen LogP contribution < -0.4 is 5.32 Å². The van der Waals surface area contributed by atoms with Crippen LogP contribution >= 0.6 is 0 Å². The molecule has 2 N–H and O–H groups in total. The highest BCUT2D eigenvalue weighted by Gasteiger charge is 2.75. The van der Waals surface area contributed by atoms with Gasteiger partial charge in [0.05, 0.1) is 37.2 Å². The van der Waals surface area contributed by atoms with Gasteiger partial charge in [-0.2, -0.15) is 0 Å². The van der Waals surface area contributed by atoms with E-state index in [9.17, 15) is 19.5 Å². The molecule has 0 aromatic heterocycles. The van der Waals surface area contributed by atoms with E-state index >= 15 is 0 Å². The summed E-state index contributed by atoms with van der Waals surface area (Å²) < 4.78 is 11.5. The number of carbonyl (C=O) groups is 3. The van der Waals surface area contributed by atoms with Gasteiger partial charge < -0.3 is 24.8 Å². The molecule has 6 atom stereocenters. The Hall–Kier alpha value is -1.67. The third-order valence-corrected chi connectivity index (χ3v) is 6.12. The lowest BCUT2D eigenvalue weighted by Gasteiger charge is -2.38. The number of hydrogen-bond acceptors (Lipinski definition) is 6. The lowest BCUT2D eigenvalue weighted by atomic mass is 9.70. The molecular formula is C20H32N2O6. The normalized spacial score (nSPS) is 35.1. The van der Waals surface area contributed by atoms with Crippen LogP contribution in [0.5, 0.6) is 0 Å². The van der Waals surface area contributed by atoms with E-state index in [1.807, 2.05) is 27.7 Å². The summed E-state index contributed by atoms with van der Waals surface area (Å²) in [5, 5.41) is 12.8. The van der Waals surface area contributed by atoms with Crippen molar-refractivity contribution in [2.75, 3.05) is 13.2 Å². The summed E-state index contributed by atoms with van der Waals surface area (Å²) >= 11 is 0. The third-order valence-electron chi connectivity index (χ3n) is 6.12. The molecule has 0 aromatic carbocycles. The summed E-state index contributed by atoms with van der Waals surface area (Å²) in [6, 6.07) is -1.38. The van der Waals surface area contributed by atoms with E-state index in [1.165, 1.54) is 4.90 Å². The van der Waals surface area contributed by atoms with E-state index in [4.69, 9.17) is 9.47 Å². The predicted molar refractivity (Wildman–Crippen MR) is 100 cm³/mol. The molecule has 3 heterocycles. The Bertz CT molecular complexity index is 656. The first-order valence-corrected chi connectivity index (χ1v) is 10.2. The monoisotopic (exact) mass is 396 g/mol.